The highest BCUT2D eigenvalue weighted by Crippen LogP contribution is 2.37. The van der Waals surface area contributed by atoms with Gasteiger partial charge in [0.2, 0.25) is 0 Å². The van der Waals surface area contributed by atoms with Gasteiger partial charge in [0.15, 0.2) is 0 Å². The highest BCUT2D eigenvalue weighted by atomic mass is 79.9. The molecule has 0 aromatic heterocycles. The summed E-state index contributed by atoms with van der Waals surface area (Å²) in [5.41, 5.74) is 8.02. The highest BCUT2D eigenvalue weighted by Gasteiger charge is 2.18. The van der Waals surface area contributed by atoms with Gasteiger partial charge < -0.3 is 10.5 Å². The topological polar surface area (TPSA) is 35.2 Å². The van der Waals surface area contributed by atoms with Crippen LogP contribution >= 0.6 is 55.1 Å². The molecule has 0 heterocycles. The Kier molecular flexibility index (Phi) is 5.97. The summed E-state index contributed by atoms with van der Waals surface area (Å²) in [7, 11) is 0. The fraction of sp³-hybridized carbons (Fsp3) is 0.200. The lowest BCUT2D eigenvalue weighted by molar-refractivity contribution is 0.340. The molecule has 2 rings (SSSR count). The Morgan fingerprint density at radius 1 is 1.10 bits per heavy atom. The van der Waals surface area contributed by atoms with E-state index in [0.717, 1.165) is 20.1 Å². The minimum Gasteiger partial charge on any atom is -0.492 e. The van der Waals surface area contributed by atoms with Crippen molar-refractivity contribution in [3.8, 4) is 5.75 Å². The molecule has 0 aliphatic rings. The average molecular weight is 454 g/mol. The smallest absolute Gasteiger partial charge is 0.139 e. The molecule has 0 spiro atoms. The summed E-state index contributed by atoms with van der Waals surface area (Å²) in [4.78, 5) is 0. The Hall–Kier alpha value is -0.260. The van der Waals surface area contributed by atoms with Gasteiger partial charge in [-0.05, 0) is 36.2 Å². The van der Waals surface area contributed by atoms with Crippen molar-refractivity contribution < 1.29 is 4.74 Å². The normalized spacial score (nSPS) is 12.3. The second-order valence-electron chi connectivity index (χ2n) is 4.38. The maximum atomic E-state index is 6.33. The van der Waals surface area contributed by atoms with Gasteiger partial charge in [-0.2, -0.15) is 0 Å². The molecule has 2 nitrogen and oxygen atoms in total. The molecule has 0 bridgehead atoms. The average Bonchev–Trinajstić information content (AvgIpc) is 2.42. The van der Waals surface area contributed by atoms with Crippen molar-refractivity contribution in [2.75, 3.05) is 6.61 Å². The number of hydrogen-bond acceptors (Lipinski definition) is 2. The van der Waals surface area contributed by atoms with E-state index in [1.807, 2.05) is 25.1 Å². The van der Waals surface area contributed by atoms with E-state index in [-0.39, 0.29) is 6.04 Å². The molecule has 2 aromatic rings. The van der Waals surface area contributed by atoms with Gasteiger partial charge in [-0.15, -0.1) is 0 Å². The zero-order valence-electron chi connectivity index (χ0n) is 11.2. The number of halogens is 4. The van der Waals surface area contributed by atoms with Gasteiger partial charge in [0.1, 0.15) is 5.75 Å². The molecule has 0 radical (unpaired) electrons. The maximum absolute atomic E-state index is 6.33. The third kappa shape index (κ3) is 3.93. The lowest BCUT2D eigenvalue weighted by Gasteiger charge is -2.18. The standard InChI is InChI=1S/C15H13Br2Cl2NO/c1-2-21-14-7-12(18)10(6-13(14)19)15(20)9-4-3-8(16)5-11(9)17/h3-7,15H,2,20H2,1H3. The lowest BCUT2D eigenvalue weighted by atomic mass is 9.99. The van der Waals surface area contributed by atoms with Crippen LogP contribution in [0.3, 0.4) is 0 Å². The molecule has 0 fully saturated rings. The van der Waals surface area contributed by atoms with Crippen LogP contribution in [0.4, 0.5) is 0 Å². The van der Waals surface area contributed by atoms with Crippen molar-refractivity contribution in [1.82, 2.24) is 0 Å². The molecule has 112 valence electrons. The van der Waals surface area contributed by atoms with Crippen molar-refractivity contribution in [2.24, 2.45) is 5.73 Å². The molecule has 1 unspecified atom stereocenters. The van der Waals surface area contributed by atoms with Gasteiger partial charge in [0.05, 0.1) is 17.7 Å². The Morgan fingerprint density at radius 2 is 1.81 bits per heavy atom. The van der Waals surface area contributed by atoms with Crippen molar-refractivity contribution >= 4 is 55.1 Å². The Morgan fingerprint density at radius 3 is 2.43 bits per heavy atom. The molecule has 6 heteroatoms. The van der Waals surface area contributed by atoms with Crippen molar-refractivity contribution in [2.45, 2.75) is 13.0 Å². The molecular weight excluding hydrogens is 441 g/mol. The van der Waals surface area contributed by atoms with Crippen LogP contribution in [0.5, 0.6) is 5.75 Å². The molecule has 0 aliphatic heterocycles. The van der Waals surface area contributed by atoms with Gasteiger partial charge in [0.25, 0.3) is 0 Å². The first-order valence-electron chi connectivity index (χ1n) is 6.26. The van der Waals surface area contributed by atoms with E-state index in [1.165, 1.54) is 0 Å². The Bertz CT molecular complexity index is 664. The first kappa shape index (κ1) is 17.1. The predicted octanol–water partition coefficient (Wildman–Crippen LogP) is 5.97. The SMILES string of the molecule is CCOc1cc(Cl)c(C(N)c2ccc(Br)cc2Br)cc1Cl. The van der Waals surface area contributed by atoms with Crippen LogP contribution < -0.4 is 10.5 Å². The number of rotatable bonds is 4. The van der Waals surface area contributed by atoms with E-state index in [0.29, 0.717) is 22.4 Å². The Labute approximate surface area is 150 Å². The van der Waals surface area contributed by atoms with Crippen LogP contribution in [0.25, 0.3) is 0 Å². The number of nitrogens with two attached hydrogens (primary N) is 1. The zero-order chi connectivity index (χ0) is 15.6. The van der Waals surface area contributed by atoms with Crippen LogP contribution in [0, 0.1) is 0 Å². The molecule has 0 amide bonds. The summed E-state index contributed by atoms with van der Waals surface area (Å²) in [6.45, 7) is 2.42. The van der Waals surface area contributed by atoms with E-state index in [1.54, 1.807) is 12.1 Å². The fourth-order valence-corrected chi connectivity index (χ4v) is 3.76. The summed E-state index contributed by atoms with van der Waals surface area (Å²) in [6, 6.07) is 8.90. The molecule has 0 saturated carbocycles. The van der Waals surface area contributed by atoms with E-state index in [4.69, 9.17) is 33.7 Å². The predicted molar refractivity (Wildman–Crippen MR) is 95.5 cm³/mol. The molecule has 0 saturated heterocycles. The van der Waals surface area contributed by atoms with Gasteiger partial charge in [-0.3, -0.25) is 0 Å². The minimum absolute atomic E-state index is 0.381. The van der Waals surface area contributed by atoms with Gasteiger partial charge in [0, 0.05) is 20.0 Å². The number of benzene rings is 2. The van der Waals surface area contributed by atoms with E-state index >= 15 is 0 Å². The summed E-state index contributed by atoms with van der Waals surface area (Å²) < 4.78 is 7.31. The first-order valence-corrected chi connectivity index (χ1v) is 8.60. The van der Waals surface area contributed by atoms with Crippen LogP contribution in [0.1, 0.15) is 24.1 Å². The van der Waals surface area contributed by atoms with Crippen molar-refractivity contribution in [3.05, 3.63) is 60.4 Å². The van der Waals surface area contributed by atoms with E-state index in [9.17, 15) is 0 Å². The molecule has 1 atom stereocenters. The van der Waals surface area contributed by atoms with Gasteiger partial charge >= 0.3 is 0 Å². The summed E-state index contributed by atoms with van der Waals surface area (Å²) in [6.07, 6.45) is 0. The second-order valence-corrected chi connectivity index (χ2v) is 6.97. The monoisotopic (exact) mass is 451 g/mol. The molecule has 2 N–H and O–H groups in total. The van der Waals surface area contributed by atoms with E-state index in [2.05, 4.69) is 31.9 Å². The van der Waals surface area contributed by atoms with Crippen molar-refractivity contribution in [3.63, 3.8) is 0 Å². The summed E-state index contributed by atoms with van der Waals surface area (Å²) in [5.74, 6) is 0.565. The third-order valence-electron chi connectivity index (χ3n) is 2.98. The van der Waals surface area contributed by atoms with Crippen LogP contribution in [-0.4, -0.2) is 6.61 Å². The van der Waals surface area contributed by atoms with E-state index < -0.39 is 0 Å². The first-order chi connectivity index (χ1) is 9.93. The maximum Gasteiger partial charge on any atom is 0.139 e. The molecular formula is C15H13Br2Cl2NO. The molecule has 2 aromatic carbocycles. The fourth-order valence-electron chi connectivity index (χ4n) is 1.97. The summed E-state index contributed by atoms with van der Waals surface area (Å²) >= 11 is 19.5. The Balaban J connectivity index is 2.43. The quantitative estimate of drug-likeness (QED) is 0.619. The largest absolute Gasteiger partial charge is 0.492 e. The number of hydrogen-bond donors (Lipinski definition) is 1. The molecule has 0 aliphatic carbocycles. The summed E-state index contributed by atoms with van der Waals surface area (Å²) in [5, 5.41) is 1.03. The molecule has 21 heavy (non-hydrogen) atoms. The van der Waals surface area contributed by atoms with Crippen molar-refractivity contribution in [1.29, 1.82) is 0 Å². The second kappa shape index (κ2) is 7.34. The lowest BCUT2D eigenvalue weighted by Crippen LogP contribution is -2.13. The zero-order valence-corrected chi connectivity index (χ0v) is 15.9. The minimum atomic E-state index is -0.381. The van der Waals surface area contributed by atoms with Crippen LogP contribution in [-0.2, 0) is 0 Å². The highest BCUT2D eigenvalue weighted by molar-refractivity contribution is 9.11. The van der Waals surface area contributed by atoms with Gasteiger partial charge in [-0.25, -0.2) is 0 Å². The number of ether oxygens (including phenoxy) is 1. The van der Waals surface area contributed by atoms with Crippen LogP contribution in [0.15, 0.2) is 39.3 Å². The van der Waals surface area contributed by atoms with Crippen LogP contribution in [0.2, 0.25) is 10.0 Å². The van der Waals surface area contributed by atoms with Gasteiger partial charge in [-0.1, -0.05) is 61.1 Å². The third-order valence-corrected chi connectivity index (χ3v) is 4.79.